The number of rotatable bonds is 5. The fourth-order valence-corrected chi connectivity index (χ4v) is 3.74. The Bertz CT molecular complexity index is 223. The minimum absolute atomic E-state index is 0.786. The van der Waals surface area contributed by atoms with E-state index < -0.39 is 0 Å². The summed E-state index contributed by atoms with van der Waals surface area (Å²) in [5, 5.41) is 3.61. The first-order valence-corrected chi connectivity index (χ1v) is 7.38. The molecule has 0 aromatic heterocycles. The first-order valence-electron chi connectivity index (χ1n) is 7.38. The summed E-state index contributed by atoms with van der Waals surface area (Å²) < 4.78 is 0. The minimum atomic E-state index is 0.786. The molecule has 3 atom stereocenters. The molecule has 2 aliphatic carbocycles. The van der Waals surface area contributed by atoms with Gasteiger partial charge in [-0.3, -0.25) is 0 Å². The molecule has 2 rings (SSSR count). The molecule has 2 aliphatic rings. The summed E-state index contributed by atoms with van der Waals surface area (Å²) in [5.74, 6) is 2.94. The van der Waals surface area contributed by atoms with Crippen LogP contribution in [0.25, 0.3) is 0 Å². The highest BCUT2D eigenvalue weighted by atomic mass is 14.9. The summed E-state index contributed by atoms with van der Waals surface area (Å²) in [5.41, 5.74) is 0.786. The maximum atomic E-state index is 3.61. The van der Waals surface area contributed by atoms with Crippen LogP contribution in [0.3, 0.4) is 0 Å². The Morgan fingerprint density at radius 1 is 1.31 bits per heavy atom. The van der Waals surface area contributed by atoms with Gasteiger partial charge in [0.1, 0.15) is 0 Å². The van der Waals surface area contributed by atoms with Gasteiger partial charge in [0.2, 0.25) is 0 Å². The van der Waals surface area contributed by atoms with Crippen LogP contribution in [0.2, 0.25) is 0 Å². The normalized spacial score (nSPS) is 38.2. The molecule has 1 nitrogen and oxygen atoms in total. The van der Waals surface area contributed by atoms with Crippen LogP contribution in [0.15, 0.2) is 0 Å². The molecule has 0 saturated heterocycles. The van der Waals surface area contributed by atoms with Crippen molar-refractivity contribution in [3.05, 3.63) is 0 Å². The second-order valence-electron chi connectivity index (χ2n) is 6.57. The monoisotopic (exact) mass is 223 g/mol. The molecule has 1 heteroatoms. The molecular formula is C15H29N. The zero-order valence-corrected chi connectivity index (χ0v) is 11.4. The number of hydrogen-bond acceptors (Lipinski definition) is 1. The van der Waals surface area contributed by atoms with Crippen molar-refractivity contribution in [1.29, 1.82) is 0 Å². The van der Waals surface area contributed by atoms with Gasteiger partial charge in [0, 0.05) is 0 Å². The summed E-state index contributed by atoms with van der Waals surface area (Å²) in [6, 6.07) is 0. The third-order valence-electron chi connectivity index (χ3n) is 5.04. The molecule has 3 unspecified atom stereocenters. The van der Waals surface area contributed by atoms with Gasteiger partial charge in [0.25, 0.3) is 0 Å². The molecule has 1 spiro atoms. The van der Waals surface area contributed by atoms with Crippen molar-refractivity contribution in [1.82, 2.24) is 5.32 Å². The fraction of sp³-hybridized carbons (Fsp3) is 1.00. The second-order valence-corrected chi connectivity index (χ2v) is 6.57. The zero-order valence-electron chi connectivity index (χ0n) is 11.4. The van der Waals surface area contributed by atoms with Gasteiger partial charge < -0.3 is 5.32 Å². The molecule has 94 valence electrons. The van der Waals surface area contributed by atoms with E-state index in [0.29, 0.717) is 0 Å². The molecule has 0 radical (unpaired) electrons. The van der Waals surface area contributed by atoms with Crippen LogP contribution in [0.1, 0.15) is 59.3 Å². The van der Waals surface area contributed by atoms with Crippen LogP contribution in [0, 0.1) is 23.2 Å². The molecule has 2 fully saturated rings. The van der Waals surface area contributed by atoms with E-state index in [2.05, 4.69) is 26.1 Å². The Morgan fingerprint density at radius 3 is 2.81 bits per heavy atom. The Morgan fingerprint density at radius 2 is 2.12 bits per heavy atom. The van der Waals surface area contributed by atoms with Gasteiger partial charge in [-0.15, -0.1) is 0 Å². The first-order chi connectivity index (χ1) is 7.68. The van der Waals surface area contributed by atoms with Gasteiger partial charge in [-0.05, 0) is 61.9 Å². The third kappa shape index (κ3) is 2.61. The summed E-state index contributed by atoms with van der Waals surface area (Å²) in [4.78, 5) is 0. The molecule has 0 aliphatic heterocycles. The molecule has 0 aromatic carbocycles. The van der Waals surface area contributed by atoms with E-state index in [-0.39, 0.29) is 0 Å². The SMILES string of the molecule is CCCNCC1CC12CCCC(C(C)C)C2. The summed E-state index contributed by atoms with van der Waals surface area (Å²) in [6.45, 7) is 9.58. The number of hydrogen-bond donors (Lipinski definition) is 1. The van der Waals surface area contributed by atoms with Crippen molar-refractivity contribution in [2.75, 3.05) is 13.1 Å². The minimum Gasteiger partial charge on any atom is -0.316 e. The third-order valence-corrected chi connectivity index (χ3v) is 5.04. The van der Waals surface area contributed by atoms with E-state index in [0.717, 1.165) is 23.2 Å². The second kappa shape index (κ2) is 5.08. The van der Waals surface area contributed by atoms with Crippen LogP contribution in [0.4, 0.5) is 0 Å². The average Bonchev–Trinajstić information content (AvgIpc) is 2.91. The highest BCUT2D eigenvalue weighted by Gasteiger charge is 2.54. The van der Waals surface area contributed by atoms with Crippen LogP contribution in [-0.4, -0.2) is 13.1 Å². The predicted octanol–water partition coefficient (Wildman–Crippen LogP) is 3.84. The molecule has 0 heterocycles. The summed E-state index contributed by atoms with van der Waals surface area (Å²) in [6.07, 6.45) is 8.83. The van der Waals surface area contributed by atoms with E-state index in [1.165, 1.54) is 51.6 Å². The van der Waals surface area contributed by atoms with Crippen molar-refractivity contribution >= 4 is 0 Å². The van der Waals surface area contributed by atoms with E-state index >= 15 is 0 Å². The largest absolute Gasteiger partial charge is 0.316 e. The van der Waals surface area contributed by atoms with Gasteiger partial charge in [-0.1, -0.05) is 33.6 Å². The van der Waals surface area contributed by atoms with E-state index in [9.17, 15) is 0 Å². The van der Waals surface area contributed by atoms with Crippen molar-refractivity contribution < 1.29 is 0 Å². The Kier molecular flexibility index (Phi) is 3.94. The van der Waals surface area contributed by atoms with Crippen LogP contribution < -0.4 is 5.32 Å². The van der Waals surface area contributed by atoms with Gasteiger partial charge in [0.05, 0.1) is 0 Å². The van der Waals surface area contributed by atoms with Gasteiger partial charge >= 0.3 is 0 Å². The highest BCUT2D eigenvalue weighted by Crippen LogP contribution is 2.62. The summed E-state index contributed by atoms with van der Waals surface area (Å²) >= 11 is 0. The van der Waals surface area contributed by atoms with E-state index in [4.69, 9.17) is 0 Å². The molecule has 1 N–H and O–H groups in total. The Labute approximate surface area is 101 Å². The average molecular weight is 223 g/mol. The van der Waals surface area contributed by atoms with Gasteiger partial charge in [-0.25, -0.2) is 0 Å². The first kappa shape index (κ1) is 12.4. The predicted molar refractivity (Wildman–Crippen MR) is 70.5 cm³/mol. The zero-order chi connectivity index (χ0) is 11.6. The standard InChI is InChI=1S/C15H29N/c1-4-8-16-11-14-10-15(14)7-5-6-13(9-15)12(2)3/h12-14,16H,4-11H2,1-3H3. The Balaban J connectivity index is 1.77. The smallest absolute Gasteiger partial charge is 0.00150 e. The lowest BCUT2D eigenvalue weighted by Gasteiger charge is -2.33. The molecule has 2 saturated carbocycles. The van der Waals surface area contributed by atoms with Crippen molar-refractivity contribution in [3.8, 4) is 0 Å². The van der Waals surface area contributed by atoms with E-state index in [1.54, 1.807) is 0 Å². The molecule has 0 amide bonds. The quantitative estimate of drug-likeness (QED) is 0.698. The Hall–Kier alpha value is -0.0400. The maximum Gasteiger partial charge on any atom is -0.00150 e. The van der Waals surface area contributed by atoms with Crippen LogP contribution in [0.5, 0.6) is 0 Å². The lowest BCUT2D eigenvalue weighted by atomic mass is 9.73. The van der Waals surface area contributed by atoms with E-state index in [1.807, 2.05) is 0 Å². The van der Waals surface area contributed by atoms with Gasteiger partial charge in [-0.2, -0.15) is 0 Å². The fourth-order valence-electron chi connectivity index (χ4n) is 3.74. The molecule has 0 aromatic rings. The maximum absolute atomic E-state index is 3.61. The van der Waals surface area contributed by atoms with Gasteiger partial charge in [0.15, 0.2) is 0 Å². The summed E-state index contributed by atoms with van der Waals surface area (Å²) in [7, 11) is 0. The number of nitrogens with one attached hydrogen (secondary N) is 1. The molecule has 16 heavy (non-hydrogen) atoms. The highest BCUT2D eigenvalue weighted by molar-refractivity contribution is 5.05. The van der Waals surface area contributed by atoms with Crippen molar-refractivity contribution in [3.63, 3.8) is 0 Å². The topological polar surface area (TPSA) is 12.0 Å². The lowest BCUT2D eigenvalue weighted by molar-refractivity contribution is 0.185. The van der Waals surface area contributed by atoms with Crippen LogP contribution >= 0.6 is 0 Å². The van der Waals surface area contributed by atoms with Crippen LogP contribution in [-0.2, 0) is 0 Å². The molecular weight excluding hydrogens is 194 g/mol. The molecule has 0 bridgehead atoms. The van der Waals surface area contributed by atoms with Crippen molar-refractivity contribution in [2.45, 2.75) is 59.3 Å². The van der Waals surface area contributed by atoms with Crippen molar-refractivity contribution in [2.24, 2.45) is 23.2 Å². The lowest BCUT2D eigenvalue weighted by Crippen LogP contribution is -2.25.